The number of hydrogen-bond donors (Lipinski definition) is 2. The van der Waals surface area contributed by atoms with Crippen LogP contribution in [-0.2, 0) is 6.54 Å². The van der Waals surface area contributed by atoms with Crippen LogP contribution in [0.25, 0.3) is 0 Å². The Balaban J connectivity index is 1.67. The van der Waals surface area contributed by atoms with Gasteiger partial charge >= 0.3 is 0 Å². The molecule has 0 spiro atoms. The second-order valence-electron chi connectivity index (χ2n) is 6.07. The molecule has 4 nitrogen and oxygen atoms in total. The Labute approximate surface area is 147 Å². The maximum Gasteiger partial charge on any atom is 0.254 e. The third-order valence-electron chi connectivity index (χ3n) is 4.23. The molecule has 0 bridgehead atoms. The van der Waals surface area contributed by atoms with Gasteiger partial charge in [-0.25, -0.2) is 0 Å². The van der Waals surface area contributed by atoms with E-state index >= 15 is 0 Å². The van der Waals surface area contributed by atoms with Gasteiger partial charge in [0.2, 0.25) is 0 Å². The smallest absolute Gasteiger partial charge is 0.254 e. The monoisotopic (exact) mass is 344 g/mol. The first-order chi connectivity index (χ1) is 11.6. The highest BCUT2D eigenvalue weighted by Gasteiger charge is 2.23. The average molecular weight is 345 g/mol. The Bertz CT molecular complexity index is 720. The number of hydrogen-bond acceptors (Lipinski definition) is 3. The number of benzene rings is 2. The van der Waals surface area contributed by atoms with Gasteiger partial charge in [-0.05, 0) is 42.7 Å². The van der Waals surface area contributed by atoms with E-state index in [4.69, 9.17) is 11.6 Å². The summed E-state index contributed by atoms with van der Waals surface area (Å²) in [4.78, 5) is 14.3. The van der Waals surface area contributed by atoms with Crippen molar-refractivity contribution >= 4 is 23.2 Å². The molecule has 2 aromatic carbocycles. The highest BCUT2D eigenvalue weighted by molar-refractivity contribution is 6.31. The number of nitrogens with zero attached hydrogens (tertiary/aromatic N) is 1. The van der Waals surface area contributed by atoms with Crippen molar-refractivity contribution in [2.45, 2.75) is 25.5 Å². The van der Waals surface area contributed by atoms with Gasteiger partial charge in [0.25, 0.3) is 5.91 Å². The summed E-state index contributed by atoms with van der Waals surface area (Å²) in [6.07, 6.45) is 1.20. The maximum absolute atomic E-state index is 12.6. The van der Waals surface area contributed by atoms with E-state index in [9.17, 15) is 9.90 Å². The van der Waals surface area contributed by atoms with E-state index in [1.165, 1.54) is 0 Å². The van der Waals surface area contributed by atoms with Gasteiger partial charge in [-0.2, -0.15) is 0 Å². The fourth-order valence-electron chi connectivity index (χ4n) is 2.92. The predicted molar refractivity (Wildman–Crippen MR) is 96.4 cm³/mol. The van der Waals surface area contributed by atoms with Gasteiger partial charge in [-0.3, -0.25) is 4.79 Å². The third-order valence-corrected chi connectivity index (χ3v) is 4.60. The van der Waals surface area contributed by atoms with Gasteiger partial charge in [0.05, 0.1) is 6.10 Å². The number of β-amino-alcohol motifs (C(OH)–C–C–N with tert-alkyl or cyclic N) is 1. The van der Waals surface area contributed by atoms with E-state index in [1.807, 2.05) is 48.5 Å². The summed E-state index contributed by atoms with van der Waals surface area (Å²) in [6, 6.07) is 15.1. The average Bonchev–Trinajstić information content (AvgIpc) is 2.61. The molecule has 1 unspecified atom stereocenters. The van der Waals surface area contributed by atoms with Crippen LogP contribution in [0.1, 0.15) is 28.8 Å². The molecule has 1 aliphatic heterocycles. The van der Waals surface area contributed by atoms with Gasteiger partial charge < -0.3 is 15.3 Å². The zero-order chi connectivity index (χ0) is 16.9. The lowest BCUT2D eigenvalue weighted by atomic mass is 10.1. The zero-order valence-corrected chi connectivity index (χ0v) is 14.2. The number of aliphatic hydroxyl groups excluding tert-OH is 1. The van der Waals surface area contributed by atoms with Gasteiger partial charge in [0.15, 0.2) is 0 Å². The lowest BCUT2D eigenvalue weighted by molar-refractivity contribution is 0.0474. The SMILES string of the molecule is O=C(c1cccc(NCc2ccccc2Cl)c1)N1CCCC(O)C1. The van der Waals surface area contributed by atoms with Crippen molar-refractivity contribution in [3.63, 3.8) is 0 Å². The van der Waals surface area contributed by atoms with Crippen LogP contribution in [-0.4, -0.2) is 35.1 Å². The summed E-state index contributed by atoms with van der Waals surface area (Å²) in [7, 11) is 0. The zero-order valence-electron chi connectivity index (χ0n) is 13.4. The number of aliphatic hydroxyl groups is 1. The number of carbonyl (C=O) groups is 1. The molecule has 2 N–H and O–H groups in total. The Morgan fingerprint density at radius 2 is 2.08 bits per heavy atom. The van der Waals surface area contributed by atoms with E-state index in [0.29, 0.717) is 25.2 Å². The number of anilines is 1. The number of piperidine rings is 1. The standard InChI is InChI=1S/C19H21ClN2O2/c20-18-9-2-1-5-15(18)12-21-16-7-3-6-14(11-16)19(24)22-10-4-8-17(23)13-22/h1-3,5-7,9,11,17,21,23H,4,8,10,12-13H2. The van der Waals surface area contributed by atoms with Crippen LogP contribution >= 0.6 is 11.6 Å². The molecule has 0 radical (unpaired) electrons. The van der Waals surface area contributed by atoms with Gasteiger partial charge in [-0.1, -0.05) is 35.9 Å². The minimum Gasteiger partial charge on any atom is -0.391 e. The summed E-state index contributed by atoms with van der Waals surface area (Å²) in [5, 5.41) is 13.8. The van der Waals surface area contributed by atoms with Crippen molar-refractivity contribution in [3.8, 4) is 0 Å². The molecule has 0 aliphatic carbocycles. The first-order valence-electron chi connectivity index (χ1n) is 8.18. The maximum atomic E-state index is 12.6. The van der Waals surface area contributed by atoms with E-state index in [0.717, 1.165) is 29.1 Å². The first-order valence-corrected chi connectivity index (χ1v) is 8.56. The molecule has 0 aromatic heterocycles. The number of carbonyl (C=O) groups excluding carboxylic acids is 1. The number of halogens is 1. The molecular weight excluding hydrogens is 324 g/mol. The summed E-state index contributed by atoms with van der Waals surface area (Å²) in [5.74, 6) is -0.0323. The van der Waals surface area contributed by atoms with Gasteiger partial charge in [0, 0.05) is 35.9 Å². The van der Waals surface area contributed by atoms with Gasteiger partial charge in [0.1, 0.15) is 0 Å². The van der Waals surface area contributed by atoms with Crippen molar-refractivity contribution in [2.24, 2.45) is 0 Å². The van der Waals surface area contributed by atoms with Crippen molar-refractivity contribution in [1.82, 2.24) is 4.90 Å². The number of amides is 1. The Hall–Kier alpha value is -2.04. The van der Waals surface area contributed by atoms with Crippen molar-refractivity contribution in [3.05, 3.63) is 64.7 Å². The van der Waals surface area contributed by atoms with E-state index in [2.05, 4.69) is 5.32 Å². The summed E-state index contributed by atoms with van der Waals surface area (Å²) < 4.78 is 0. The summed E-state index contributed by atoms with van der Waals surface area (Å²) in [6.45, 7) is 1.71. The minimum absolute atomic E-state index is 0.0323. The Morgan fingerprint density at radius 1 is 1.25 bits per heavy atom. The molecular formula is C19H21ClN2O2. The molecule has 1 amide bonds. The van der Waals surface area contributed by atoms with Crippen LogP contribution in [0, 0.1) is 0 Å². The van der Waals surface area contributed by atoms with Crippen LogP contribution in [0.4, 0.5) is 5.69 Å². The molecule has 3 rings (SSSR count). The molecule has 1 atom stereocenters. The van der Waals surface area contributed by atoms with Crippen LogP contribution in [0.15, 0.2) is 48.5 Å². The predicted octanol–water partition coefficient (Wildman–Crippen LogP) is 3.55. The lowest BCUT2D eigenvalue weighted by Crippen LogP contribution is -2.42. The molecule has 5 heteroatoms. The van der Waals surface area contributed by atoms with Crippen LogP contribution in [0.2, 0.25) is 5.02 Å². The number of rotatable bonds is 4. The molecule has 24 heavy (non-hydrogen) atoms. The van der Waals surface area contributed by atoms with Crippen LogP contribution < -0.4 is 5.32 Å². The minimum atomic E-state index is -0.413. The van der Waals surface area contributed by atoms with Gasteiger partial charge in [-0.15, -0.1) is 0 Å². The lowest BCUT2D eigenvalue weighted by Gasteiger charge is -2.30. The van der Waals surface area contributed by atoms with Crippen molar-refractivity contribution in [2.75, 3.05) is 18.4 Å². The fourth-order valence-corrected chi connectivity index (χ4v) is 3.13. The van der Waals surface area contributed by atoms with Crippen LogP contribution in [0.3, 0.4) is 0 Å². The van der Waals surface area contributed by atoms with Crippen molar-refractivity contribution in [1.29, 1.82) is 0 Å². The number of likely N-dealkylation sites (tertiary alicyclic amines) is 1. The van der Waals surface area contributed by atoms with Crippen molar-refractivity contribution < 1.29 is 9.90 Å². The molecule has 2 aromatic rings. The fraction of sp³-hybridized carbons (Fsp3) is 0.316. The summed E-state index contributed by atoms with van der Waals surface area (Å²) in [5.41, 5.74) is 2.52. The van der Waals surface area contributed by atoms with E-state index in [1.54, 1.807) is 4.90 Å². The molecule has 1 saturated heterocycles. The quantitative estimate of drug-likeness (QED) is 0.891. The number of nitrogens with one attached hydrogen (secondary N) is 1. The third kappa shape index (κ3) is 4.08. The molecule has 126 valence electrons. The van der Waals surface area contributed by atoms with E-state index in [-0.39, 0.29) is 5.91 Å². The first kappa shape index (κ1) is 16.8. The topological polar surface area (TPSA) is 52.6 Å². The molecule has 1 aliphatic rings. The molecule has 0 saturated carbocycles. The Kier molecular flexibility index (Phi) is 5.38. The summed E-state index contributed by atoms with van der Waals surface area (Å²) >= 11 is 6.16. The normalized spacial score (nSPS) is 17.6. The molecule has 1 heterocycles. The highest BCUT2D eigenvalue weighted by Crippen LogP contribution is 2.19. The largest absolute Gasteiger partial charge is 0.391 e. The highest BCUT2D eigenvalue weighted by atomic mass is 35.5. The van der Waals surface area contributed by atoms with E-state index < -0.39 is 6.10 Å². The second kappa shape index (κ2) is 7.69. The Morgan fingerprint density at radius 3 is 2.88 bits per heavy atom. The van der Waals surface area contributed by atoms with Crippen LogP contribution in [0.5, 0.6) is 0 Å². The molecule has 1 fully saturated rings. The second-order valence-corrected chi connectivity index (χ2v) is 6.48.